The van der Waals surface area contributed by atoms with E-state index >= 15 is 0 Å². The number of carbonyl (C=O) groups is 3. The van der Waals surface area contributed by atoms with Crippen LogP contribution in [0.15, 0.2) is 30.3 Å². The van der Waals surface area contributed by atoms with E-state index in [0.717, 1.165) is 37.7 Å². The van der Waals surface area contributed by atoms with Crippen molar-refractivity contribution in [1.82, 2.24) is 10.2 Å². The summed E-state index contributed by atoms with van der Waals surface area (Å²) >= 11 is 0. The van der Waals surface area contributed by atoms with Crippen molar-refractivity contribution >= 4 is 17.8 Å². The molecule has 1 saturated heterocycles. The van der Waals surface area contributed by atoms with E-state index in [0.29, 0.717) is 13.1 Å². The largest absolute Gasteiger partial charge is 0.452 e. The van der Waals surface area contributed by atoms with Crippen molar-refractivity contribution in [3.05, 3.63) is 35.9 Å². The van der Waals surface area contributed by atoms with Crippen molar-refractivity contribution < 1.29 is 19.1 Å². The minimum atomic E-state index is -0.827. The molecule has 1 aliphatic heterocycles. The molecule has 0 aromatic heterocycles. The second-order valence-electron chi connectivity index (χ2n) is 7.55. The molecule has 1 heterocycles. The minimum Gasteiger partial charge on any atom is -0.452 e. The summed E-state index contributed by atoms with van der Waals surface area (Å²) in [5.41, 5.74) is 1.16. The van der Waals surface area contributed by atoms with E-state index in [1.165, 1.54) is 0 Å². The van der Waals surface area contributed by atoms with Crippen molar-refractivity contribution in [2.45, 2.75) is 57.6 Å². The van der Waals surface area contributed by atoms with Gasteiger partial charge in [-0.3, -0.25) is 14.4 Å². The smallest absolute Gasteiger partial charge is 0.312 e. The van der Waals surface area contributed by atoms with Crippen molar-refractivity contribution in [2.24, 2.45) is 5.92 Å². The SMILES string of the molecule is CC(OC(=O)C1CC(=O)N(CCc2ccccc2)C1)C(=O)NC1CCCC1. The van der Waals surface area contributed by atoms with Gasteiger partial charge in [0.05, 0.1) is 5.92 Å². The van der Waals surface area contributed by atoms with Crippen LogP contribution in [-0.4, -0.2) is 47.9 Å². The first kappa shape index (κ1) is 19.4. The molecule has 0 bridgehead atoms. The van der Waals surface area contributed by atoms with Gasteiger partial charge in [0.15, 0.2) is 6.10 Å². The maximum absolute atomic E-state index is 12.4. The molecule has 2 aliphatic rings. The Bertz CT molecular complexity index is 670. The summed E-state index contributed by atoms with van der Waals surface area (Å²) in [7, 11) is 0. The van der Waals surface area contributed by atoms with Crippen LogP contribution >= 0.6 is 0 Å². The number of hydrogen-bond acceptors (Lipinski definition) is 4. The van der Waals surface area contributed by atoms with Crippen LogP contribution in [0, 0.1) is 5.92 Å². The van der Waals surface area contributed by atoms with E-state index in [2.05, 4.69) is 5.32 Å². The van der Waals surface area contributed by atoms with E-state index in [1.54, 1.807) is 11.8 Å². The molecule has 146 valence electrons. The van der Waals surface area contributed by atoms with E-state index in [4.69, 9.17) is 4.74 Å². The van der Waals surface area contributed by atoms with E-state index in [9.17, 15) is 14.4 Å². The number of carbonyl (C=O) groups excluding carboxylic acids is 3. The highest BCUT2D eigenvalue weighted by Crippen LogP contribution is 2.21. The molecule has 2 unspecified atom stereocenters. The normalized spacial score (nSPS) is 21.3. The van der Waals surface area contributed by atoms with Crippen LogP contribution in [0.3, 0.4) is 0 Å². The Morgan fingerprint density at radius 2 is 1.93 bits per heavy atom. The van der Waals surface area contributed by atoms with Gasteiger partial charge >= 0.3 is 5.97 Å². The molecule has 0 radical (unpaired) electrons. The lowest BCUT2D eigenvalue weighted by molar-refractivity contribution is -0.158. The molecule has 6 heteroatoms. The molecule has 1 saturated carbocycles. The molecule has 2 amide bonds. The van der Waals surface area contributed by atoms with Crippen LogP contribution in [0.25, 0.3) is 0 Å². The third-order valence-corrected chi connectivity index (χ3v) is 5.42. The predicted molar refractivity (Wildman–Crippen MR) is 101 cm³/mol. The van der Waals surface area contributed by atoms with Gasteiger partial charge in [0, 0.05) is 25.6 Å². The van der Waals surface area contributed by atoms with Crippen LogP contribution in [0.1, 0.15) is 44.6 Å². The Balaban J connectivity index is 1.44. The van der Waals surface area contributed by atoms with Crippen LogP contribution in [0.5, 0.6) is 0 Å². The summed E-state index contributed by atoms with van der Waals surface area (Å²) < 4.78 is 5.34. The number of amides is 2. The Morgan fingerprint density at radius 1 is 1.22 bits per heavy atom. The second kappa shape index (κ2) is 9.02. The zero-order valence-electron chi connectivity index (χ0n) is 15.9. The van der Waals surface area contributed by atoms with Crippen molar-refractivity contribution in [3.63, 3.8) is 0 Å². The second-order valence-corrected chi connectivity index (χ2v) is 7.55. The molecular weight excluding hydrogens is 344 g/mol. The Labute approximate surface area is 160 Å². The van der Waals surface area contributed by atoms with Gasteiger partial charge in [-0.25, -0.2) is 0 Å². The summed E-state index contributed by atoms with van der Waals surface area (Å²) in [5.74, 6) is -1.23. The molecule has 0 spiro atoms. The summed E-state index contributed by atoms with van der Waals surface area (Å²) in [6.45, 7) is 2.54. The number of rotatable bonds is 7. The summed E-state index contributed by atoms with van der Waals surface area (Å²) in [6.07, 6.45) is 4.31. The fraction of sp³-hybridized carbons (Fsp3) is 0.571. The van der Waals surface area contributed by atoms with Gasteiger partial charge in [-0.05, 0) is 31.7 Å². The van der Waals surface area contributed by atoms with Crippen molar-refractivity contribution in [2.75, 3.05) is 13.1 Å². The number of nitrogens with zero attached hydrogens (tertiary/aromatic N) is 1. The third kappa shape index (κ3) is 5.31. The third-order valence-electron chi connectivity index (χ3n) is 5.42. The predicted octanol–water partition coefficient (Wildman–Crippen LogP) is 2.07. The van der Waals surface area contributed by atoms with Gasteiger partial charge in [-0.2, -0.15) is 0 Å². The maximum atomic E-state index is 12.4. The molecule has 2 atom stereocenters. The standard InChI is InChI=1S/C21H28N2O4/c1-15(20(25)22-18-9-5-6-10-18)27-21(26)17-13-19(24)23(14-17)12-11-16-7-3-2-4-8-16/h2-4,7-8,15,17-18H,5-6,9-14H2,1H3,(H,22,25). The van der Waals surface area contributed by atoms with Gasteiger partial charge in [-0.15, -0.1) is 0 Å². The quantitative estimate of drug-likeness (QED) is 0.744. The number of esters is 1. The monoisotopic (exact) mass is 372 g/mol. The number of likely N-dealkylation sites (tertiary alicyclic amines) is 1. The lowest BCUT2D eigenvalue weighted by Crippen LogP contribution is -2.41. The zero-order valence-corrected chi connectivity index (χ0v) is 15.9. The van der Waals surface area contributed by atoms with Crippen LogP contribution < -0.4 is 5.32 Å². The van der Waals surface area contributed by atoms with Crippen LogP contribution in [0.4, 0.5) is 0 Å². The van der Waals surface area contributed by atoms with Gasteiger partial charge in [0.1, 0.15) is 0 Å². The fourth-order valence-corrected chi connectivity index (χ4v) is 3.77. The molecule has 27 heavy (non-hydrogen) atoms. The van der Waals surface area contributed by atoms with Gasteiger partial charge < -0.3 is 15.0 Å². The molecule has 1 N–H and O–H groups in total. The Hall–Kier alpha value is -2.37. The number of nitrogens with one attached hydrogen (secondary N) is 1. The first-order chi connectivity index (χ1) is 13.0. The average Bonchev–Trinajstić information content (AvgIpc) is 3.30. The minimum absolute atomic E-state index is 0.0315. The maximum Gasteiger partial charge on any atom is 0.312 e. The Kier molecular flexibility index (Phi) is 6.48. The zero-order chi connectivity index (χ0) is 19.2. The highest BCUT2D eigenvalue weighted by molar-refractivity contribution is 5.89. The number of benzene rings is 1. The number of ether oxygens (including phenoxy) is 1. The lowest BCUT2D eigenvalue weighted by Gasteiger charge is -2.19. The van der Waals surface area contributed by atoms with Crippen molar-refractivity contribution in [1.29, 1.82) is 0 Å². The van der Waals surface area contributed by atoms with Crippen molar-refractivity contribution in [3.8, 4) is 0 Å². The number of hydrogen-bond donors (Lipinski definition) is 1. The molecule has 2 fully saturated rings. The molecule has 1 aliphatic carbocycles. The first-order valence-electron chi connectivity index (χ1n) is 9.85. The summed E-state index contributed by atoms with van der Waals surface area (Å²) in [5, 5.41) is 2.94. The molecule has 1 aromatic rings. The lowest BCUT2D eigenvalue weighted by atomic mass is 10.1. The average molecular weight is 372 g/mol. The van der Waals surface area contributed by atoms with E-state index < -0.39 is 18.0 Å². The molecule has 1 aromatic carbocycles. The highest BCUT2D eigenvalue weighted by atomic mass is 16.5. The summed E-state index contributed by atoms with van der Waals surface area (Å²) in [6, 6.07) is 10.1. The van der Waals surface area contributed by atoms with Gasteiger partial charge in [0.2, 0.25) is 5.91 Å². The first-order valence-corrected chi connectivity index (χ1v) is 9.85. The van der Waals surface area contributed by atoms with Crippen LogP contribution in [0.2, 0.25) is 0 Å². The van der Waals surface area contributed by atoms with E-state index in [1.807, 2.05) is 30.3 Å². The van der Waals surface area contributed by atoms with Crippen LogP contribution in [-0.2, 0) is 25.5 Å². The van der Waals surface area contributed by atoms with E-state index in [-0.39, 0.29) is 24.3 Å². The van der Waals surface area contributed by atoms with Gasteiger partial charge in [-0.1, -0.05) is 43.2 Å². The fourth-order valence-electron chi connectivity index (χ4n) is 3.77. The molecule has 6 nitrogen and oxygen atoms in total. The summed E-state index contributed by atoms with van der Waals surface area (Å²) in [4.78, 5) is 38.5. The topological polar surface area (TPSA) is 75.7 Å². The molecule has 3 rings (SSSR count). The van der Waals surface area contributed by atoms with Gasteiger partial charge in [0.25, 0.3) is 5.91 Å². The highest BCUT2D eigenvalue weighted by Gasteiger charge is 2.36. The molecular formula is C21H28N2O4. The Morgan fingerprint density at radius 3 is 2.63 bits per heavy atom.